The van der Waals surface area contributed by atoms with E-state index in [1.807, 2.05) is 77.7 Å². The molecule has 0 bridgehead atoms. The number of para-hydroxylation sites is 3. The fourth-order valence-corrected chi connectivity index (χ4v) is 4.68. The van der Waals surface area contributed by atoms with Crippen molar-refractivity contribution < 1.29 is 9.53 Å². The van der Waals surface area contributed by atoms with Crippen LogP contribution in [0.4, 0.5) is 5.69 Å². The molecule has 5 rings (SSSR count). The van der Waals surface area contributed by atoms with Gasteiger partial charge in [0.25, 0.3) is 0 Å². The van der Waals surface area contributed by atoms with Crippen molar-refractivity contribution in [1.29, 1.82) is 0 Å². The van der Waals surface area contributed by atoms with Crippen molar-refractivity contribution in [3.05, 3.63) is 89.7 Å². The monoisotopic (exact) mass is 459 g/mol. The lowest BCUT2D eigenvalue weighted by Crippen LogP contribution is -2.24. The summed E-state index contributed by atoms with van der Waals surface area (Å²) < 4.78 is 8.13. The topological polar surface area (TPSA) is 47.4 Å². The predicted molar refractivity (Wildman–Crippen MR) is 132 cm³/mol. The van der Waals surface area contributed by atoms with E-state index in [0.29, 0.717) is 24.6 Å². The number of aryl methyl sites for hydroxylation is 1. The molecule has 0 unspecified atom stereocenters. The maximum absolute atomic E-state index is 12.9. The minimum Gasteiger partial charge on any atom is -0.494 e. The smallest absolute Gasteiger partial charge is 0.227 e. The highest BCUT2D eigenvalue weighted by atomic mass is 35.5. The number of nitrogens with zero attached hydrogens (tertiary/aromatic N) is 3. The number of unbranched alkanes of at least 4 members (excludes halogenated alkanes) is 1. The summed E-state index contributed by atoms with van der Waals surface area (Å²) in [6.07, 6.45) is 2.37. The zero-order valence-corrected chi connectivity index (χ0v) is 19.1. The molecule has 1 fully saturated rings. The van der Waals surface area contributed by atoms with Crippen LogP contribution in [0.15, 0.2) is 78.9 Å². The van der Waals surface area contributed by atoms with Crippen molar-refractivity contribution in [3.63, 3.8) is 0 Å². The molecule has 1 aliphatic rings. The molecule has 5 nitrogen and oxygen atoms in total. The second-order valence-electron chi connectivity index (χ2n) is 8.36. The van der Waals surface area contributed by atoms with Gasteiger partial charge in [0.15, 0.2) is 0 Å². The number of aromatic nitrogens is 2. The first kappa shape index (κ1) is 21.5. The lowest BCUT2D eigenvalue weighted by molar-refractivity contribution is -0.117. The van der Waals surface area contributed by atoms with E-state index >= 15 is 0 Å². The number of fused-ring (bicyclic) bond motifs is 1. The van der Waals surface area contributed by atoms with Gasteiger partial charge in [-0.15, -0.1) is 0 Å². The number of amides is 1. The number of hydrogen-bond donors (Lipinski definition) is 0. The standard InChI is InChI=1S/C27H26ClN3O2/c28-21-9-8-10-22(18-21)31-19-20(17-26(31)32)27-29-24-13-4-5-14-25(24)30(27)15-6-7-16-33-23-11-2-1-3-12-23/h1-5,8-14,18,20H,6-7,15-17,19H2/t20-/m0/s1. The molecule has 1 atom stereocenters. The van der Waals surface area contributed by atoms with E-state index < -0.39 is 0 Å². The Kier molecular flexibility index (Phi) is 6.31. The van der Waals surface area contributed by atoms with Gasteiger partial charge in [0.05, 0.1) is 17.6 Å². The van der Waals surface area contributed by atoms with Crippen LogP contribution in [0.1, 0.15) is 31.0 Å². The van der Waals surface area contributed by atoms with Crippen molar-refractivity contribution in [2.45, 2.75) is 31.7 Å². The molecule has 1 amide bonds. The molecule has 0 saturated carbocycles. The largest absolute Gasteiger partial charge is 0.494 e. The zero-order valence-electron chi connectivity index (χ0n) is 18.4. The summed E-state index contributed by atoms with van der Waals surface area (Å²) in [5.74, 6) is 2.04. The number of hydrogen-bond acceptors (Lipinski definition) is 3. The lowest BCUT2D eigenvalue weighted by atomic mass is 10.1. The predicted octanol–water partition coefficient (Wildman–Crippen LogP) is 6.07. The zero-order chi connectivity index (χ0) is 22.6. The van der Waals surface area contributed by atoms with Gasteiger partial charge in [0, 0.05) is 36.1 Å². The number of benzene rings is 3. The Morgan fingerprint density at radius 1 is 0.970 bits per heavy atom. The van der Waals surface area contributed by atoms with E-state index in [1.54, 1.807) is 0 Å². The van der Waals surface area contributed by atoms with Crippen molar-refractivity contribution in [2.75, 3.05) is 18.1 Å². The molecular formula is C27H26ClN3O2. The van der Waals surface area contributed by atoms with Gasteiger partial charge in [-0.3, -0.25) is 4.79 Å². The van der Waals surface area contributed by atoms with Crippen molar-refractivity contribution in [2.24, 2.45) is 0 Å². The molecule has 0 spiro atoms. The maximum Gasteiger partial charge on any atom is 0.227 e. The molecule has 168 valence electrons. The van der Waals surface area contributed by atoms with Gasteiger partial charge in [0.2, 0.25) is 5.91 Å². The summed E-state index contributed by atoms with van der Waals surface area (Å²) in [5, 5.41) is 0.633. The third-order valence-electron chi connectivity index (χ3n) is 6.08. The van der Waals surface area contributed by atoms with E-state index in [-0.39, 0.29) is 11.8 Å². The number of rotatable bonds is 8. The summed E-state index contributed by atoms with van der Waals surface area (Å²) in [5.41, 5.74) is 2.93. The van der Waals surface area contributed by atoms with Crippen LogP contribution < -0.4 is 9.64 Å². The molecule has 3 aromatic carbocycles. The number of anilines is 1. The number of carbonyl (C=O) groups excluding carboxylic acids is 1. The highest BCUT2D eigenvalue weighted by Crippen LogP contribution is 2.34. The third kappa shape index (κ3) is 4.74. The van der Waals surface area contributed by atoms with E-state index in [2.05, 4.69) is 10.6 Å². The number of halogens is 1. The van der Waals surface area contributed by atoms with Crippen LogP contribution in [0.3, 0.4) is 0 Å². The van der Waals surface area contributed by atoms with Crippen LogP contribution in [0.2, 0.25) is 5.02 Å². The highest BCUT2D eigenvalue weighted by Gasteiger charge is 2.34. The van der Waals surface area contributed by atoms with Crippen LogP contribution in [-0.2, 0) is 11.3 Å². The fourth-order valence-electron chi connectivity index (χ4n) is 4.49. The summed E-state index contributed by atoms with van der Waals surface area (Å²) in [7, 11) is 0. The van der Waals surface area contributed by atoms with E-state index in [1.165, 1.54) is 0 Å². The second-order valence-corrected chi connectivity index (χ2v) is 8.80. The van der Waals surface area contributed by atoms with Crippen LogP contribution in [-0.4, -0.2) is 28.6 Å². The van der Waals surface area contributed by atoms with Gasteiger partial charge in [-0.05, 0) is 55.3 Å². The molecule has 1 aliphatic heterocycles. The second kappa shape index (κ2) is 9.67. The van der Waals surface area contributed by atoms with Crippen LogP contribution >= 0.6 is 11.6 Å². The molecule has 1 saturated heterocycles. The lowest BCUT2D eigenvalue weighted by Gasteiger charge is -2.18. The maximum atomic E-state index is 12.9. The van der Waals surface area contributed by atoms with Gasteiger partial charge in [-0.25, -0.2) is 4.98 Å². The van der Waals surface area contributed by atoms with E-state index in [9.17, 15) is 4.79 Å². The first-order chi connectivity index (χ1) is 16.2. The van der Waals surface area contributed by atoms with Crippen LogP contribution in [0, 0.1) is 0 Å². The quantitative estimate of drug-likeness (QED) is 0.300. The Bertz CT molecular complexity index is 1250. The van der Waals surface area contributed by atoms with Crippen LogP contribution in [0.25, 0.3) is 11.0 Å². The molecule has 4 aromatic rings. The SMILES string of the molecule is O=C1C[C@H](c2nc3ccccc3n2CCCCOc2ccccc2)CN1c1cccc(Cl)c1. The third-order valence-corrected chi connectivity index (χ3v) is 6.32. The molecule has 0 radical (unpaired) electrons. The van der Waals surface area contributed by atoms with E-state index in [4.69, 9.17) is 21.3 Å². The fraction of sp³-hybridized carbons (Fsp3) is 0.259. The first-order valence-corrected chi connectivity index (χ1v) is 11.8. The molecule has 2 heterocycles. The van der Waals surface area contributed by atoms with Gasteiger partial charge in [-0.1, -0.05) is 48.0 Å². The van der Waals surface area contributed by atoms with Crippen molar-refractivity contribution in [1.82, 2.24) is 9.55 Å². The van der Waals surface area contributed by atoms with Gasteiger partial charge in [-0.2, -0.15) is 0 Å². The summed E-state index contributed by atoms with van der Waals surface area (Å²) in [6.45, 7) is 2.13. The van der Waals surface area contributed by atoms with Gasteiger partial charge in [0.1, 0.15) is 11.6 Å². The summed E-state index contributed by atoms with van der Waals surface area (Å²) in [6, 6.07) is 25.6. The molecule has 1 aromatic heterocycles. The Hall–Kier alpha value is -3.31. The Balaban J connectivity index is 1.31. The molecule has 33 heavy (non-hydrogen) atoms. The molecule has 0 aliphatic carbocycles. The number of ether oxygens (including phenoxy) is 1. The van der Waals surface area contributed by atoms with Crippen molar-refractivity contribution >= 4 is 34.2 Å². The van der Waals surface area contributed by atoms with Gasteiger partial charge < -0.3 is 14.2 Å². The Morgan fingerprint density at radius 3 is 2.64 bits per heavy atom. The molecular weight excluding hydrogens is 434 g/mol. The van der Waals surface area contributed by atoms with Crippen LogP contribution in [0.5, 0.6) is 5.75 Å². The van der Waals surface area contributed by atoms with E-state index in [0.717, 1.165) is 47.7 Å². The Morgan fingerprint density at radius 2 is 1.79 bits per heavy atom. The normalized spacial score (nSPS) is 16.0. The number of imidazole rings is 1. The minimum atomic E-state index is 0.0458. The average molecular weight is 460 g/mol. The Labute approximate surface area is 198 Å². The molecule has 0 N–H and O–H groups in total. The molecule has 6 heteroatoms. The van der Waals surface area contributed by atoms with Gasteiger partial charge >= 0.3 is 0 Å². The number of carbonyl (C=O) groups is 1. The first-order valence-electron chi connectivity index (χ1n) is 11.4. The minimum absolute atomic E-state index is 0.0458. The summed E-state index contributed by atoms with van der Waals surface area (Å²) in [4.78, 5) is 19.6. The average Bonchev–Trinajstić information content (AvgIpc) is 3.40. The van der Waals surface area contributed by atoms with Crippen molar-refractivity contribution in [3.8, 4) is 5.75 Å². The summed E-state index contributed by atoms with van der Waals surface area (Å²) >= 11 is 6.16. The highest BCUT2D eigenvalue weighted by molar-refractivity contribution is 6.30.